The van der Waals surface area contributed by atoms with Gasteiger partial charge in [-0.25, -0.2) is 4.39 Å². The summed E-state index contributed by atoms with van der Waals surface area (Å²) in [6, 6.07) is 5.54. The number of carboxylic acid groups (broad SMARTS) is 1. The maximum atomic E-state index is 13.0. The van der Waals surface area contributed by atoms with Crippen LogP contribution >= 0.6 is 12.4 Å². The lowest BCUT2D eigenvalue weighted by atomic mass is 9.96. The molecule has 1 fully saturated rings. The number of hydrogen-bond donors (Lipinski definition) is 1. The Morgan fingerprint density at radius 2 is 2.00 bits per heavy atom. The minimum Gasteiger partial charge on any atom is -0.481 e. The lowest BCUT2D eigenvalue weighted by Crippen LogP contribution is -2.33. The summed E-state index contributed by atoms with van der Waals surface area (Å²) in [7, 11) is 0. The average molecular weight is 328 g/mol. The van der Waals surface area contributed by atoms with Gasteiger partial charge >= 0.3 is 12.1 Å². The number of alkyl halides is 3. The topological polar surface area (TPSA) is 40.5 Å². The predicted molar refractivity (Wildman–Crippen MR) is 69.6 cm³/mol. The number of benzene rings is 1. The number of carboxylic acids is 1. The second-order valence-corrected chi connectivity index (χ2v) is 4.92. The van der Waals surface area contributed by atoms with Gasteiger partial charge in [0.1, 0.15) is 5.82 Å². The third-order valence-corrected chi connectivity index (χ3v) is 3.43. The van der Waals surface area contributed by atoms with Crippen molar-refractivity contribution in [3.8, 4) is 0 Å². The van der Waals surface area contributed by atoms with Crippen LogP contribution in [0.4, 0.5) is 17.6 Å². The zero-order chi connectivity index (χ0) is 14.9. The van der Waals surface area contributed by atoms with Gasteiger partial charge in [0.25, 0.3) is 0 Å². The molecular formula is C13H14ClF4NO2. The summed E-state index contributed by atoms with van der Waals surface area (Å²) >= 11 is 0. The molecule has 2 atom stereocenters. The van der Waals surface area contributed by atoms with E-state index >= 15 is 0 Å². The van der Waals surface area contributed by atoms with Crippen LogP contribution in [0.25, 0.3) is 0 Å². The maximum absolute atomic E-state index is 13.0. The Morgan fingerprint density at radius 1 is 1.33 bits per heavy atom. The van der Waals surface area contributed by atoms with Gasteiger partial charge in [-0.2, -0.15) is 13.2 Å². The highest BCUT2D eigenvalue weighted by atomic mass is 35.5. The molecule has 1 heterocycles. The molecule has 0 spiro atoms. The summed E-state index contributed by atoms with van der Waals surface area (Å²) in [6.07, 6.45) is -4.54. The van der Waals surface area contributed by atoms with Crippen LogP contribution in [0, 0.1) is 17.7 Å². The SMILES string of the molecule is Cl.O=C(O)[C@@H]1CN(Cc2cccc(F)c2)C[C@H]1C(F)(F)F. The zero-order valence-corrected chi connectivity index (χ0v) is 11.6. The average Bonchev–Trinajstić information content (AvgIpc) is 2.73. The molecule has 0 unspecified atom stereocenters. The van der Waals surface area contributed by atoms with E-state index in [1.165, 1.54) is 23.1 Å². The van der Waals surface area contributed by atoms with E-state index in [0.29, 0.717) is 5.56 Å². The lowest BCUT2D eigenvalue weighted by Gasteiger charge is -2.18. The van der Waals surface area contributed by atoms with Gasteiger partial charge in [-0.1, -0.05) is 12.1 Å². The fourth-order valence-electron chi connectivity index (χ4n) is 2.49. The Hall–Kier alpha value is -1.34. The number of nitrogens with zero attached hydrogens (tertiary/aromatic N) is 1. The minimum absolute atomic E-state index is 0. The number of hydrogen-bond acceptors (Lipinski definition) is 2. The minimum atomic E-state index is -4.54. The summed E-state index contributed by atoms with van der Waals surface area (Å²) in [4.78, 5) is 12.3. The highest BCUT2D eigenvalue weighted by Gasteiger charge is 2.52. The number of carbonyl (C=O) groups is 1. The Balaban J connectivity index is 0.00000220. The van der Waals surface area contributed by atoms with Crippen LogP contribution in [0.1, 0.15) is 5.56 Å². The molecule has 118 valence electrons. The second-order valence-electron chi connectivity index (χ2n) is 4.92. The predicted octanol–water partition coefficient (Wildman–Crippen LogP) is 2.94. The fraction of sp³-hybridized carbons (Fsp3) is 0.462. The van der Waals surface area contributed by atoms with E-state index in [-0.39, 0.29) is 32.0 Å². The van der Waals surface area contributed by atoms with Crippen LogP contribution < -0.4 is 0 Å². The summed E-state index contributed by atoms with van der Waals surface area (Å²) in [5.74, 6) is -5.27. The van der Waals surface area contributed by atoms with Crippen molar-refractivity contribution in [3.63, 3.8) is 0 Å². The van der Waals surface area contributed by atoms with E-state index in [1.54, 1.807) is 6.07 Å². The van der Waals surface area contributed by atoms with Gasteiger partial charge in [-0.05, 0) is 17.7 Å². The molecule has 3 nitrogen and oxygen atoms in total. The Morgan fingerprint density at radius 3 is 2.48 bits per heavy atom. The van der Waals surface area contributed by atoms with E-state index in [0.717, 1.165) is 0 Å². The molecule has 0 radical (unpaired) electrons. The van der Waals surface area contributed by atoms with Crippen molar-refractivity contribution in [2.75, 3.05) is 13.1 Å². The van der Waals surface area contributed by atoms with Gasteiger partial charge in [0.05, 0.1) is 11.8 Å². The largest absolute Gasteiger partial charge is 0.481 e. The summed E-state index contributed by atoms with van der Waals surface area (Å²) < 4.78 is 51.4. The van der Waals surface area contributed by atoms with Gasteiger partial charge in [0, 0.05) is 19.6 Å². The first kappa shape index (κ1) is 17.7. The van der Waals surface area contributed by atoms with Crippen LogP contribution in [0.2, 0.25) is 0 Å². The molecule has 8 heteroatoms. The highest BCUT2D eigenvalue weighted by Crippen LogP contribution is 2.38. The number of halogens is 5. The second kappa shape index (κ2) is 6.62. The third-order valence-electron chi connectivity index (χ3n) is 3.43. The smallest absolute Gasteiger partial charge is 0.393 e. The summed E-state index contributed by atoms with van der Waals surface area (Å²) in [5.41, 5.74) is 0.525. The van der Waals surface area contributed by atoms with Crippen molar-refractivity contribution >= 4 is 18.4 Å². The number of aliphatic carboxylic acids is 1. The van der Waals surface area contributed by atoms with Crippen molar-refractivity contribution < 1.29 is 27.5 Å². The monoisotopic (exact) mass is 327 g/mol. The standard InChI is InChI=1S/C13H13F4NO2.ClH/c14-9-3-1-2-8(4-9)5-18-6-10(12(19)20)11(7-18)13(15,16)17;/h1-4,10-11H,5-7H2,(H,19,20);1H/t10-,11-;/m1./s1. The molecule has 0 saturated carbocycles. The van der Waals surface area contributed by atoms with Crippen LogP contribution in [0.5, 0.6) is 0 Å². The van der Waals surface area contributed by atoms with Crippen molar-refractivity contribution in [2.45, 2.75) is 12.7 Å². The number of rotatable bonds is 3. The third kappa shape index (κ3) is 4.31. The number of likely N-dealkylation sites (tertiary alicyclic amines) is 1. The van der Waals surface area contributed by atoms with E-state index in [9.17, 15) is 22.4 Å². The quantitative estimate of drug-likeness (QED) is 0.868. The molecule has 21 heavy (non-hydrogen) atoms. The summed E-state index contributed by atoms with van der Waals surface area (Å²) in [5, 5.41) is 8.89. The lowest BCUT2D eigenvalue weighted by molar-refractivity contribution is -0.188. The van der Waals surface area contributed by atoms with Gasteiger partial charge in [0.15, 0.2) is 0 Å². The molecular weight excluding hydrogens is 314 g/mol. The zero-order valence-electron chi connectivity index (χ0n) is 10.8. The van der Waals surface area contributed by atoms with Gasteiger partial charge in [-0.3, -0.25) is 9.69 Å². The molecule has 1 aromatic rings. The molecule has 0 aromatic heterocycles. The van der Waals surface area contributed by atoms with Gasteiger partial charge in [-0.15, -0.1) is 12.4 Å². The van der Waals surface area contributed by atoms with Crippen LogP contribution in [-0.4, -0.2) is 35.2 Å². The normalized spacial score (nSPS) is 22.9. The van der Waals surface area contributed by atoms with Gasteiger partial charge < -0.3 is 5.11 Å². The molecule has 0 bridgehead atoms. The molecule has 2 rings (SSSR count). The Labute approximate surface area is 125 Å². The van der Waals surface area contributed by atoms with Crippen LogP contribution in [-0.2, 0) is 11.3 Å². The molecule has 0 aliphatic carbocycles. The van der Waals surface area contributed by atoms with E-state index in [2.05, 4.69) is 0 Å². The molecule has 1 saturated heterocycles. The molecule has 1 aliphatic heterocycles. The van der Waals surface area contributed by atoms with E-state index < -0.39 is 29.8 Å². The van der Waals surface area contributed by atoms with Crippen molar-refractivity contribution in [1.29, 1.82) is 0 Å². The van der Waals surface area contributed by atoms with E-state index in [4.69, 9.17) is 5.11 Å². The first-order valence-electron chi connectivity index (χ1n) is 6.03. The van der Waals surface area contributed by atoms with Crippen molar-refractivity contribution in [1.82, 2.24) is 4.90 Å². The van der Waals surface area contributed by atoms with Crippen LogP contribution in [0.3, 0.4) is 0 Å². The van der Waals surface area contributed by atoms with Crippen molar-refractivity contribution in [2.24, 2.45) is 11.8 Å². The Bertz CT molecular complexity index is 509. The first-order valence-corrected chi connectivity index (χ1v) is 6.03. The fourth-order valence-corrected chi connectivity index (χ4v) is 2.49. The molecule has 1 aliphatic rings. The van der Waals surface area contributed by atoms with Crippen LogP contribution in [0.15, 0.2) is 24.3 Å². The highest BCUT2D eigenvalue weighted by molar-refractivity contribution is 5.85. The maximum Gasteiger partial charge on any atom is 0.393 e. The summed E-state index contributed by atoms with van der Waals surface area (Å²) in [6.45, 7) is -0.457. The molecule has 0 amide bonds. The Kier molecular flexibility index (Phi) is 5.58. The van der Waals surface area contributed by atoms with E-state index in [1.807, 2.05) is 0 Å². The molecule has 1 aromatic carbocycles. The van der Waals surface area contributed by atoms with Gasteiger partial charge in [0.2, 0.25) is 0 Å². The van der Waals surface area contributed by atoms with Crippen molar-refractivity contribution in [3.05, 3.63) is 35.6 Å². The molecule has 1 N–H and O–H groups in total. The first-order chi connectivity index (χ1) is 9.27.